The number of methoxy groups -OCH3 is 2. The van der Waals surface area contributed by atoms with Gasteiger partial charge in [0.2, 0.25) is 0 Å². The van der Waals surface area contributed by atoms with Crippen molar-refractivity contribution in [1.82, 2.24) is 4.98 Å². The molecule has 3 rings (SSSR count). The van der Waals surface area contributed by atoms with E-state index >= 15 is 0 Å². The number of alkyl halides is 3. The molecule has 0 bridgehead atoms. The van der Waals surface area contributed by atoms with Crippen molar-refractivity contribution in [2.24, 2.45) is 0 Å². The largest absolute Gasteiger partial charge is 0.496 e. The first kappa shape index (κ1) is 25.5. The minimum atomic E-state index is -4.62. The minimum absolute atomic E-state index is 0.127. The number of hydrogen-bond acceptors (Lipinski definition) is 5. The second-order valence-electron chi connectivity index (χ2n) is 7.19. The number of rotatable bonds is 8. The molecular formula is C24H22F4N2O3S. The molecule has 34 heavy (non-hydrogen) atoms. The second-order valence-corrected chi connectivity index (χ2v) is 8.36. The fraction of sp³-hybridized carbons (Fsp3) is 0.250. The highest BCUT2D eigenvalue weighted by Crippen LogP contribution is 2.38. The molecule has 0 atom stereocenters. The third kappa shape index (κ3) is 5.87. The first-order chi connectivity index (χ1) is 16.2. The highest BCUT2D eigenvalue weighted by Gasteiger charge is 2.32. The fourth-order valence-electron chi connectivity index (χ4n) is 3.28. The molecule has 5 nitrogen and oxygen atoms in total. The van der Waals surface area contributed by atoms with Gasteiger partial charge in [-0.3, -0.25) is 9.78 Å². The van der Waals surface area contributed by atoms with Crippen LogP contribution in [0.25, 0.3) is 11.1 Å². The highest BCUT2D eigenvalue weighted by molar-refractivity contribution is 7.99. The van der Waals surface area contributed by atoms with Crippen LogP contribution in [-0.4, -0.2) is 44.5 Å². The van der Waals surface area contributed by atoms with E-state index in [0.29, 0.717) is 34.1 Å². The Labute approximate surface area is 198 Å². The van der Waals surface area contributed by atoms with Crippen LogP contribution in [0.4, 0.5) is 23.2 Å². The maximum absolute atomic E-state index is 13.7. The molecule has 0 radical (unpaired) electrons. The lowest BCUT2D eigenvalue weighted by molar-refractivity contribution is -0.137. The third-order valence-corrected chi connectivity index (χ3v) is 5.90. The van der Waals surface area contributed by atoms with Crippen molar-refractivity contribution in [3.63, 3.8) is 0 Å². The van der Waals surface area contributed by atoms with E-state index in [9.17, 15) is 22.4 Å². The number of pyridine rings is 1. The van der Waals surface area contributed by atoms with E-state index in [1.54, 1.807) is 6.07 Å². The molecule has 0 saturated heterocycles. The Balaban J connectivity index is 2.03. The van der Waals surface area contributed by atoms with E-state index in [-0.39, 0.29) is 11.3 Å². The van der Waals surface area contributed by atoms with Crippen molar-refractivity contribution in [3.8, 4) is 16.9 Å². The van der Waals surface area contributed by atoms with Gasteiger partial charge in [0, 0.05) is 53.8 Å². The normalized spacial score (nSPS) is 11.4. The predicted octanol–water partition coefficient (Wildman–Crippen LogP) is 5.93. The fourth-order valence-corrected chi connectivity index (χ4v) is 4.19. The number of anilines is 1. The third-order valence-electron chi connectivity index (χ3n) is 4.96. The van der Waals surface area contributed by atoms with Crippen LogP contribution in [0.2, 0.25) is 0 Å². The molecule has 0 fully saturated rings. The molecule has 1 heterocycles. The van der Waals surface area contributed by atoms with E-state index in [1.165, 1.54) is 62.8 Å². The molecule has 10 heteroatoms. The van der Waals surface area contributed by atoms with Crippen LogP contribution in [0.15, 0.2) is 59.8 Å². The van der Waals surface area contributed by atoms with Gasteiger partial charge in [0.05, 0.1) is 31.2 Å². The first-order valence-corrected chi connectivity index (χ1v) is 11.0. The minimum Gasteiger partial charge on any atom is -0.496 e. The summed E-state index contributed by atoms with van der Waals surface area (Å²) >= 11 is 1.16. The lowest BCUT2D eigenvalue weighted by Crippen LogP contribution is -2.27. The molecule has 1 amide bonds. The SMILES string of the molecule is COCCSc1cc(C(=O)N(C)c2cnccc2-c2ccc(F)cc2OC)cc(C(F)(F)F)c1. The van der Waals surface area contributed by atoms with Gasteiger partial charge in [-0.25, -0.2) is 4.39 Å². The zero-order valence-corrected chi connectivity index (χ0v) is 19.5. The number of carbonyl (C=O) groups excluding carboxylic acids is 1. The van der Waals surface area contributed by atoms with E-state index in [1.807, 2.05) is 0 Å². The highest BCUT2D eigenvalue weighted by atomic mass is 32.2. The molecular weight excluding hydrogens is 472 g/mol. The average molecular weight is 495 g/mol. The molecule has 3 aromatic rings. The number of benzene rings is 2. The summed E-state index contributed by atoms with van der Waals surface area (Å²) in [6.07, 6.45) is -1.71. The van der Waals surface area contributed by atoms with Gasteiger partial charge in [-0.05, 0) is 36.4 Å². The summed E-state index contributed by atoms with van der Waals surface area (Å²) in [5.74, 6) is -0.486. The van der Waals surface area contributed by atoms with E-state index < -0.39 is 23.5 Å². The van der Waals surface area contributed by atoms with Gasteiger partial charge in [-0.15, -0.1) is 11.8 Å². The summed E-state index contributed by atoms with van der Waals surface area (Å²) in [5, 5.41) is 0. The summed E-state index contributed by atoms with van der Waals surface area (Å²) in [6, 6.07) is 8.83. The van der Waals surface area contributed by atoms with Crippen molar-refractivity contribution in [1.29, 1.82) is 0 Å². The van der Waals surface area contributed by atoms with E-state index in [4.69, 9.17) is 9.47 Å². The van der Waals surface area contributed by atoms with Crippen LogP contribution in [0.5, 0.6) is 5.75 Å². The molecule has 180 valence electrons. The van der Waals surface area contributed by atoms with Gasteiger partial charge in [-0.2, -0.15) is 13.2 Å². The van der Waals surface area contributed by atoms with E-state index in [0.717, 1.165) is 23.9 Å². The molecule has 0 aliphatic carbocycles. The number of aromatic nitrogens is 1. The second kappa shape index (κ2) is 10.9. The van der Waals surface area contributed by atoms with Crippen molar-refractivity contribution in [3.05, 3.63) is 71.8 Å². The Morgan fingerprint density at radius 1 is 1.09 bits per heavy atom. The maximum atomic E-state index is 13.7. The summed E-state index contributed by atoms with van der Waals surface area (Å²) in [5.41, 5.74) is 0.282. The summed E-state index contributed by atoms with van der Waals surface area (Å²) in [7, 11) is 4.33. The van der Waals surface area contributed by atoms with Crippen LogP contribution >= 0.6 is 11.8 Å². The number of ether oxygens (including phenoxy) is 2. The van der Waals surface area contributed by atoms with Gasteiger partial charge < -0.3 is 14.4 Å². The average Bonchev–Trinajstić information content (AvgIpc) is 2.82. The monoisotopic (exact) mass is 494 g/mol. The molecule has 1 aromatic heterocycles. The van der Waals surface area contributed by atoms with Gasteiger partial charge >= 0.3 is 6.18 Å². The number of carbonyl (C=O) groups is 1. The standard InChI is InChI=1S/C24H22F4N2O3S/c1-30(21-14-29-7-6-19(21)20-5-4-17(25)13-22(20)33-3)23(31)15-10-16(24(26,27)28)12-18(11-15)34-9-8-32-2/h4-7,10-14H,8-9H2,1-3H3. The lowest BCUT2D eigenvalue weighted by Gasteiger charge is -2.22. The number of nitrogens with zero attached hydrogens (tertiary/aromatic N) is 2. The predicted molar refractivity (Wildman–Crippen MR) is 123 cm³/mol. The van der Waals surface area contributed by atoms with Crippen molar-refractivity contribution < 1.29 is 31.8 Å². The van der Waals surface area contributed by atoms with Gasteiger partial charge in [0.15, 0.2) is 0 Å². The van der Waals surface area contributed by atoms with Crippen LogP contribution in [0.1, 0.15) is 15.9 Å². The zero-order valence-electron chi connectivity index (χ0n) is 18.6. The van der Waals surface area contributed by atoms with Gasteiger partial charge in [0.25, 0.3) is 5.91 Å². The maximum Gasteiger partial charge on any atom is 0.416 e. The van der Waals surface area contributed by atoms with Crippen LogP contribution in [0, 0.1) is 5.82 Å². The summed E-state index contributed by atoms with van der Waals surface area (Å²) < 4.78 is 64.5. The summed E-state index contributed by atoms with van der Waals surface area (Å²) in [6.45, 7) is 0.350. The topological polar surface area (TPSA) is 51.7 Å². The molecule has 0 aliphatic heterocycles. The van der Waals surface area contributed by atoms with Gasteiger partial charge in [0.1, 0.15) is 11.6 Å². The molecule has 2 aromatic carbocycles. The Bertz CT molecular complexity index is 1170. The molecule has 0 unspecified atom stereocenters. The van der Waals surface area contributed by atoms with Crippen LogP contribution in [-0.2, 0) is 10.9 Å². The van der Waals surface area contributed by atoms with Crippen LogP contribution < -0.4 is 9.64 Å². The Kier molecular flexibility index (Phi) is 8.16. The molecule has 0 saturated carbocycles. The van der Waals surface area contributed by atoms with Crippen molar-refractivity contribution in [2.75, 3.05) is 38.5 Å². The molecule has 0 N–H and O–H groups in total. The Morgan fingerprint density at radius 2 is 1.85 bits per heavy atom. The Hall–Kier alpha value is -3.11. The number of halogens is 4. The van der Waals surface area contributed by atoms with E-state index in [2.05, 4.69) is 4.98 Å². The summed E-state index contributed by atoms with van der Waals surface area (Å²) in [4.78, 5) is 18.9. The first-order valence-electron chi connectivity index (χ1n) is 10.1. The van der Waals surface area contributed by atoms with Crippen molar-refractivity contribution >= 4 is 23.4 Å². The van der Waals surface area contributed by atoms with Crippen molar-refractivity contribution in [2.45, 2.75) is 11.1 Å². The number of thioether (sulfide) groups is 1. The smallest absolute Gasteiger partial charge is 0.416 e. The lowest BCUT2D eigenvalue weighted by atomic mass is 10.0. The van der Waals surface area contributed by atoms with Gasteiger partial charge in [-0.1, -0.05) is 0 Å². The zero-order chi connectivity index (χ0) is 24.9. The number of amides is 1. The molecule has 0 spiro atoms. The molecule has 0 aliphatic rings. The van der Waals surface area contributed by atoms with Crippen LogP contribution in [0.3, 0.4) is 0 Å². The number of hydrogen-bond donors (Lipinski definition) is 0. The Morgan fingerprint density at radius 3 is 2.53 bits per heavy atom. The quantitative estimate of drug-likeness (QED) is 0.221.